The van der Waals surface area contributed by atoms with Crippen LogP contribution in [-0.4, -0.2) is 25.5 Å². The van der Waals surface area contributed by atoms with Crippen molar-refractivity contribution < 1.29 is 4.79 Å². The van der Waals surface area contributed by atoms with Crippen molar-refractivity contribution in [1.82, 2.24) is 19.6 Å². The molecule has 0 radical (unpaired) electrons. The summed E-state index contributed by atoms with van der Waals surface area (Å²) >= 11 is 0. The molecule has 6 nitrogen and oxygen atoms in total. The van der Waals surface area contributed by atoms with Gasteiger partial charge in [-0.05, 0) is 43.3 Å². The summed E-state index contributed by atoms with van der Waals surface area (Å²) in [5, 5.41) is 12.0. The second-order valence-corrected chi connectivity index (χ2v) is 5.12. The van der Waals surface area contributed by atoms with Gasteiger partial charge in [0.15, 0.2) is 5.65 Å². The molecule has 0 atom stereocenters. The van der Waals surface area contributed by atoms with E-state index in [-0.39, 0.29) is 5.91 Å². The number of amides is 1. The van der Waals surface area contributed by atoms with Crippen molar-refractivity contribution >= 4 is 28.1 Å². The van der Waals surface area contributed by atoms with Crippen LogP contribution in [0.15, 0.2) is 48.8 Å². The molecule has 1 aromatic carbocycles. The van der Waals surface area contributed by atoms with Gasteiger partial charge in [0.05, 0.1) is 0 Å². The minimum atomic E-state index is -0.168. The highest BCUT2D eigenvalue weighted by molar-refractivity contribution is 6.05. The number of hydrogen-bond acceptors (Lipinski definition) is 3. The zero-order valence-corrected chi connectivity index (χ0v) is 11.9. The molecule has 4 rings (SSSR count). The van der Waals surface area contributed by atoms with Crippen molar-refractivity contribution in [3.63, 3.8) is 0 Å². The quantitative estimate of drug-likeness (QED) is 0.596. The first-order valence-corrected chi connectivity index (χ1v) is 6.90. The van der Waals surface area contributed by atoms with Gasteiger partial charge >= 0.3 is 0 Å². The molecule has 0 spiro atoms. The first-order chi connectivity index (χ1) is 10.7. The van der Waals surface area contributed by atoms with Crippen LogP contribution in [0.25, 0.3) is 16.6 Å². The average molecular weight is 291 g/mol. The standard InChI is InChI=1S/C16H13N5O/c1-10-19-20-15-9-12(5-7-21(10)15)16(22)18-13-2-3-14-11(8-13)4-6-17-14/h2-9,17H,1H3,(H,18,22). The Labute approximate surface area is 125 Å². The summed E-state index contributed by atoms with van der Waals surface area (Å²) in [5.41, 5.74) is 3.01. The number of H-pyrrole nitrogens is 1. The fraction of sp³-hybridized carbons (Fsp3) is 0.0625. The lowest BCUT2D eigenvalue weighted by Gasteiger charge is -2.06. The van der Waals surface area contributed by atoms with E-state index >= 15 is 0 Å². The molecule has 0 aliphatic carbocycles. The number of pyridine rings is 1. The molecule has 3 heterocycles. The normalized spacial score (nSPS) is 11.1. The molecule has 108 valence electrons. The van der Waals surface area contributed by atoms with Gasteiger partial charge in [-0.3, -0.25) is 9.20 Å². The monoisotopic (exact) mass is 291 g/mol. The van der Waals surface area contributed by atoms with Crippen molar-refractivity contribution in [1.29, 1.82) is 0 Å². The van der Waals surface area contributed by atoms with Gasteiger partial charge in [0.2, 0.25) is 0 Å². The third kappa shape index (κ3) is 2.01. The SMILES string of the molecule is Cc1nnc2cc(C(=O)Nc3ccc4[nH]ccc4c3)ccn12. The summed E-state index contributed by atoms with van der Waals surface area (Å²) in [7, 11) is 0. The summed E-state index contributed by atoms with van der Waals surface area (Å²) in [6.07, 6.45) is 3.67. The Bertz CT molecular complexity index is 998. The number of aromatic amines is 1. The first-order valence-electron chi connectivity index (χ1n) is 6.90. The number of benzene rings is 1. The van der Waals surface area contributed by atoms with Gasteiger partial charge in [0, 0.05) is 34.5 Å². The largest absolute Gasteiger partial charge is 0.361 e. The number of aromatic nitrogens is 4. The molecule has 6 heteroatoms. The minimum absolute atomic E-state index is 0.168. The number of nitrogens with zero attached hydrogens (tertiary/aromatic N) is 3. The smallest absolute Gasteiger partial charge is 0.255 e. The summed E-state index contributed by atoms with van der Waals surface area (Å²) in [6, 6.07) is 11.2. The fourth-order valence-corrected chi connectivity index (χ4v) is 2.49. The lowest BCUT2D eigenvalue weighted by molar-refractivity contribution is 0.102. The number of hydrogen-bond donors (Lipinski definition) is 2. The third-order valence-corrected chi connectivity index (χ3v) is 3.65. The predicted octanol–water partition coefficient (Wildman–Crippen LogP) is 2.77. The van der Waals surface area contributed by atoms with Gasteiger partial charge in [-0.2, -0.15) is 0 Å². The van der Waals surface area contributed by atoms with Crippen LogP contribution in [0.5, 0.6) is 0 Å². The number of nitrogens with one attached hydrogen (secondary N) is 2. The van der Waals surface area contributed by atoms with Crippen molar-refractivity contribution in [3.05, 3.63) is 60.2 Å². The Morgan fingerprint density at radius 1 is 1.18 bits per heavy atom. The Hall–Kier alpha value is -3.15. The minimum Gasteiger partial charge on any atom is -0.361 e. The van der Waals surface area contributed by atoms with Crippen molar-refractivity contribution in [3.8, 4) is 0 Å². The van der Waals surface area contributed by atoms with Crippen LogP contribution in [0.2, 0.25) is 0 Å². The Morgan fingerprint density at radius 2 is 2.09 bits per heavy atom. The van der Waals surface area contributed by atoms with Gasteiger partial charge < -0.3 is 10.3 Å². The predicted molar refractivity (Wildman–Crippen MR) is 84.0 cm³/mol. The molecule has 0 bridgehead atoms. The molecular weight excluding hydrogens is 278 g/mol. The van der Waals surface area contributed by atoms with Crippen LogP contribution in [0.4, 0.5) is 5.69 Å². The van der Waals surface area contributed by atoms with Gasteiger partial charge in [-0.1, -0.05) is 0 Å². The number of anilines is 1. The van der Waals surface area contributed by atoms with Crippen LogP contribution in [0, 0.1) is 6.92 Å². The third-order valence-electron chi connectivity index (χ3n) is 3.65. The van der Waals surface area contributed by atoms with E-state index in [4.69, 9.17) is 0 Å². The Morgan fingerprint density at radius 3 is 3.00 bits per heavy atom. The fourth-order valence-electron chi connectivity index (χ4n) is 2.49. The molecule has 4 aromatic rings. The van der Waals surface area contributed by atoms with E-state index in [2.05, 4.69) is 20.5 Å². The highest BCUT2D eigenvalue weighted by atomic mass is 16.1. The second-order valence-electron chi connectivity index (χ2n) is 5.12. The van der Waals surface area contributed by atoms with Crippen LogP contribution >= 0.6 is 0 Å². The van der Waals surface area contributed by atoms with Crippen LogP contribution in [0.1, 0.15) is 16.2 Å². The van der Waals surface area contributed by atoms with Gasteiger partial charge in [0.1, 0.15) is 5.82 Å². The first kappa shape index (κ1) is 12.6. The maximum absolute atomic E-state index is 12.4. The zero-order valence-electron chi connectivity index (χ0n) is 11.9. The lowest BCUT2D eigenvalue weighted by atomic mass is 10.2. The van der Waals surface area contributed by atoms with E-state index < -0.39 is 0 Å². The molecule has 0 saturated heterocycles. The van der Waals surface area contributed by atoms with Crippen molar-refractivity contribution in [2.45, 2.75) is 6.92 Å². The number of carbonyl (C=O) groups is 1. The summed E-state index contributed by atoms with van der Waals surface area (Å²) < 4.78 is 1.84. The maximum atomic E-state index is 12.4. The maximum Gasteiger partial charge on any atom is 0.255 e. The van der Waals surface area contributed by atoms with E-state index in [1.54, 1.807) is 18.3 Å². The lowest BCUT2D eigenvalue weighted by Crippen LogP contribution is -2.12. The van der Waals surface area contributed by atoms with Crippen molar-refractivity contribution in [2.24, 2.45) is 0 Å². The highest BCUT2D eigenvalue weighted by Crippen LogP contribution is 2.18. The van der Waals surface area contributed by atoms with E-state index in [1.807, 2.05) is 41.8 Å². The molecule has 1 amide bonds. The topological polar surface area (TPSA) is 75.1 Å². The second kappa shape index (κ2) is 4.70. The molecule has 0 saturated carbocycles. The van der Waals surface area contributed by atoms with Crippen LogP contribution in [-0.2, 0) is 0 Å². The average Bonchev–Trinajstić information content (AvgIpc) is 3.13. The molecule has 0 unspecified atom stereocenters. The van der Waals surface area contributed by atoms with E-state index in [1.165, 1.54) is 0 Å². The molecule has 0 fully saturated rings. The number of fused-ring (bicyclic) bond motifs is 2. The zero-order chi connectivity index (χ0) is 15.1. The van der Waals surface area contributed by atoms with Crippen LogP contribution in [0.3, 0.4) is 0 Å². The van der Waals surface area contributed by atoms with E-state index in [9.17, 15) is 4.79 Å². The van der Waals surface area contributed by atoms with E-state index in [0.29, 0.717) is 11.2 Å². The molecule has 2 N–H and O–H groups in total. The Balaban J connectivity index is 1.64. The molecule has 0 aliphatic rings. The highest BCUT2D eigenvalue weighted by Gasteiger charge is 2.09. The van der Waals surface area contributed by atoms with Gasteiger partial charge in [0.25, 0.3) is 5.91 Å². The number of aryl methyl sites for hydroxylation is 1. The summed E-state index contributed by atoms with van der Waals surface area (Å²) in [4.78, 5) is 15.5. The van der Waals surface area contributed by atoms with Crippen LogP contribution < -0.4 is 5.32 Å². The summed E-state index contributed by atoms with van der Waals surface area (Å²) in [6.45, 7) is 1.87. The number of rotatable bonds is 2. The molecule has 3 aromatic heterocycles. The molecule has 0 aliphatic heterocycles. The number of carbonyl (C=O) groups excluding carboxylic acids is 1. The van der Waals surface area contributed by atoms with Gasteiger partial charge in [-0.15, -0.1) is 10.2 Å². The Kier molecular flexibility index (Phi) is 2.69. The van der Waals surface area contributed by atoms with Crippen molar-refractivity contribution in [2.75, 3.05) is 5.32 Å². The van der Waals surface area contributed by atoms with Gasteiger partial charge in [-0.25, -0.2) is 0 Å². The van der Waals surface area contributed by atoms with E-state index in [0.717, 1.165) is 22.4 Å². The summed E-state index contributed by atoms with van der Waals surface area (Å²) in [5.74, 6) is 0.623. The molecule has 22 heavy (non-hydrogen) atoms. The molecular formula is C16H13N5O.